The van der Waals surface area contributed by atoms with E-state index in [-0.39, 0.29) is 11.9 Å². The van der Waals surface area contributed by atoms with Gasteiger partial charge in [-0.2, -0.15) is 0 Å². The molecule has 1 aromatic rings. The van der Waals surface area contributed by atoms with Gasteiger partial charge in [-0.05, 0) is 19.2 Å². The molecule has 1 fully saturated rings. The van der Waals surface area contributed by atoms with Crippen molar-refractivity contribution in [2.75, 3.05) is 26.7 Å². The van der Waals surface area contributed by atoms with Gasteiger partial charge in [0.25, 0.3) is 0 Å². The third kappa shape index (κ3) is 2.78. The summed E-state index contributed by atoms with van der Waals surface area (Å²) < 4.78 is 7.63. The topological polar surface area (TPSA) is 76.0 Å². The van der Waals surface area contributed by atoms with Gasteiger partial charge in [0.1, 0.15) is 0 Å². The lowest BCUT2D eigenvalue weighted by molar-refractivity contribution is -0.0274. The average molecular weight is 238 g/mol. The Morgan fingerprint density at radius 2 is 2.53 bits per heavy atom. The van der Waals surface area contributed by atoms with E-state index in [1.165, 1.54) is 0 Å². The number of amidine groups is 1. The Bertz CT molecular complexity index is 402. The summed E-state index contributed by atoms with van der Waals surface area (Å²) in [5.41, 5.74) is 6.31. The molecule has 0 saturated carbocycles. The normalized spacial score (nSPS) is 22.9. The lowest BCUT2D eigenvalue weighted by Gasteiger charge is -2.30. The number of ether oxygens (including phenoxy) is 1. The second-order valence-corrected chi connectivity index (χ2v) is 4.29. The van der Waals surface area contributed by atoms with Gasteiger partial charge in [-0.15, -0.1) is 0 Å². The summed E-state index contributed by atoms with van der Waals surface area (Å²) in [5.74, 6) is 0.124. The molecule has 94 valence electrons. The third-order valence-corrected chi connectivity index (χ3v) is 2.94. The molecule has 1 atom stereocenters. The number of aromatic nitrogens is 1. The zero-order valence-electron chi connectivity index (χ0n) is 9.91. The zero-order valence-corrected chi connectivity index (χ0v) is 9.91. The van der Waals surface area contributed by atoms with Gasteiger partial charge in [-0.25, -0.2) is 0 Å². The van der Waals surface area contributed by atoms with Crippen LogP contribution in [0.5, 0.6) is 0 Å². The highest BCUT2D eigenvalue weighted by Gasteiger charge is 2.19. The number of morpholine rings is 1. The molecule has 1 aliphatic heterocycles. The van der Waals surface area contributed by atoms with E-state index >= 15 is 0 Å². The highest BCUT2D eigenvalue weighted by molar-refractivity contribution is 5.95. The van der Waals surface area contributed by atoms with E-state index in [1.807, 2.05) is 22.9 Å². The fourth-order valence-corrected chi connectivity index (χ4v) is 2.05. The van der Waals surface area contributed by atoms with Crippen LogP contribution in [0.4, 0.5) is 0 Å². The fraction of sp³-hybridized carbons (Fsp3) is 0.545. The highest BCUT2D eigenvalue weighted by Crippen LogP contribution is 2.09. The second kappa shape index (κ2) is 5.20. The summed E-state index contributed by atoms with van der Waals surface area (Å²) in [7, 11) is 2.08. The molecule has 6 nitrogen and oxygen atoms in total. The second-order valence-electron chi connectivity index (χ2n) is 4.29. The molecule has 1 aliphatic rings. The molecule has 1 aromatic heterocycles. The van der Waals surface area contributed by atoms with Crippen LogP contribution in [0.15, 0.2) is 23.5 Å². The van der Waals surface area contributed by atoms with Gasteiger partial charge < -0.3 is 25.1 Å². The molecule has 0 bridgehead atoms. The monoisotopic (exact) mass is 238 g/mol. The SMILES string of the molecule is CN1CCOC(Cn2cccc2/C(N)=N/O)C1. The Morgan fingerprint density at radius 3 is 3.24 bits per heavy atom. The van der Waals surface area contributed by atoms with E-state index in [2.05, 4.69) is 17.1 Å². The van der Waals surface area contributed by atoms with Gasteiger partial charge >= 0.3 is 0 Å². The van der Waals surface area contributed by atoms with Crippen LogP contribution in [0.1, 0.15) is 5.69 Å². The lowest BCUT2D eigenvalue weighted by Crippen LogP contribution is -2.42. The lowest BCUT2D eigenvalue weighted by atomic mass is 10.2. The van der Waals surface area contributed by atoms with E-state index in [9.17, 15) is 0 Å². The van der Waals surface area contributed by atoms with Crippen LogP contribution in [0.25, 0.3) is 0 Å². The van der Waals surface area contributed by atoms with E-state index in [4.69, 9.17) is 15.7 Å². The third-order valence-electron chi connectivity index (χ3n) is 2.94. The smallest absolute Gasteiger partial charge is 0.186 e. The molecule has 3 N–H and O–H groups in total. The summed E-state index contributed by atoms with van der Waals surface area (Å²) in [6.07, 6.45) is 2.05. The van der Waals surface area contributed by atoms with Crippen molar-refractivity contribution in [2.24, 2.45) is 10.9 Å². The maximum atomic E-state index is 8.69. The summed E-state index contributed by atoms with van der Waals surface area (Å²) >= 11 is 0. The van der Waals surface area contributed by atoms with Crippen LogP contribution in [0.3, 0.4) is 0 Å². The highest BCUT2D eigenvalue weighted by atomic mass is 16.5. The van der Waals surface area contributed by atoms with E-state index in [1.54, 1.807) is 0 Å². The summed E-state index contributed by atoms with van der Waals surface area (Å²) in [4.78, 5) is 2.24. The number of likely N-dealkylation sites (N-methyl/N-ethyl adjacent to an activating group) is 1. The van der Waals surface area contributed by atoms with Gasteiger partial charge in [0.2, 0.25) is 0 Å². The van der Waals surface area contributed by atoms with Crippen LogP contribution in [-0.2, 0) is 11.3 Å². The molecule has 2 heterocycles. The van der Waals surface area contributed by atoms with Crippen molar-refractivity contribution >= 4 is 5.84 Å². The van der Waals surface area contributed by atoms with Gasteiger partial charge in [0.15, 0.2) is 5.84 Å². The molecule has 0 amide bonds. The van der Waals surface area contributed by atoms with Crippen molar-refractivity contribution in [3.63, 3.8) is 0 Å². The minimum absolute atomic E-state index is 0.124. The summed E-state index contributed by atoms with van der Waals surface area (Å²) in [5, 5.41) is 11.7. The fourth-order valence-electron chi connectivity index (χ4n) is 2.05. The molecule has 0 aliphatic carbocycles. The summed E-state index contributed by atoms with van der Waals surface area (Å²) in [6, 6.07) is 3.70. The molecule has 1 unspecified atom stereocenters. The Kier molecular flexibility index (Phi) is 3.65. The minimum Gasteiger partial charge on any atom is -0.409 e. The maximum absolute atomic E-state index is 8.69. The molecule has 1 saturated heterocycles. The molecule has 0 spiro atoms. The largest absolute Gasteiger partial charge is 0.409 e. The number of oxime groups is 1. The van der Waals surface area contributed by atoms with Crippen molar-refractivity contribution in [3.05, 3.63) is 24.0 Å². The Morgan fingerprint density at radius 1 is 1.71 bits per heavy atom. The van der Waals surface area contributed by atoms with Gasteiger partial charge in [0.05, 0.1) is 24.9 Å². The predicted molar refractivity (Wildman–Crippen MR) is 64.2 cm³/mol. The van der Waals surface area contributed by atoms with Gasteiger partial charge in [-0.3, -0.25) is 0 Å². The van der Waals surface area contributed by atoms with Crippen molar-refractivity contribution in [2.45, 2.75) is 12.6 Å². The Labute approximate surface area is 100 Å². The van der Waals surface area contributed by atoms with Crippen molar-refractivity contribution in [1.82, 2.24) is 9.47 Å². The first-order chi connectivity index (χ1) is 8.20. The Balaban J connectivity index is 2.05. The van der Waals surface area contributed by atoms with E-state index in [0.717, 1.165) is 19.7 Å². The maximum Gasteiger partial charge on any atom is 0.186 e. The zero-order chi connectivity index (χ0) is 12.3. The molecule has 6 heteroatoms. The molecule has 2 rings (SSSR count). The first-order valence-electron chi connectivity index (χ1n) is 5.64. The van der Waals surface area contributed by atoms with Crippen molar-refractivity contribution in [3.8, 4) is 0 Å². The van der Waals surface area contributed by atoms with Crippen molar-refractivity contribution in [1.29, 1.82) is 0 Å². The standard InChI is InChI=1S/C11H18N4O2/c1-14-5-6-17-9(7-14)8-15-4-2-3-10(15)11(12)13-16/h2-4,9,16H,5-8H2,1H3,(H2,12,13). The van der Waals surface area contributed by atoms with Crippen LogP contribution in [0, 0.1) is 0 Å². The van der Waals surface area contributed by atoms with E-state index in [0.29, 0.717) is 12.2 Å². The Hall–Kier alpha value is -1.53. The minimum atomic E-state index is 0.124. The van der Waals surface area contributed by atoms with Gasteiger partial charge in [0, 0.05) is 19.3 Å². The predicted octanol–water partition coefficient (Wildman–Crippen LogP) is -0.0868. The van der Waals surface area contributed by atoms with Crippen LogP contribution >= 0.6 is 0 Å². The molecular weight excluding hydrogens is 220 g/mol. The van der Waals surface area contributed by atoms with Crippen molar-refractivity contribution < 1.29 is 9.94 Å². The van der Waals surface area contributed by atoms with Crippen LogP contribution < -0.4 is 5.73 Å². The quantitative estimate of drug-likeness (QED) is 0.334. The molecule has 0 radical (unpaired) electrons. The number of nitrogens with zero attached hydrogens (tertiary/aromatic N) is 3. The number of hydrogen-bond acceptors (Lipinski definition) is 4. The summed E-state index contributed by atoms with van der Waals surface area (Å²) in [6.45, 7) is 3.33. The van der Waals surface area contributed by atoms with E-state index < -0.39 is 0 Å². The van der Waals surface area contributed by atoms with Crippen LogP contribution in [0.2, 0.25) is 0 Å². The number of nitrogens with two attached hydrogens (primary N) is 1. The number of hydrogen-bond donors (Lipinski definition) is 2. The molecule has 0 aromatic carbocycles. The molecule has 17 heavy (non-hydrogen) atoms. The van der Waals surface area contributed by atoms with Gasteiger partial charge in [-0.1, -0.05) is 5.16 Å². The average Bonchev–Trinajstić information content (AvgIpc) is 2.76. The first-order valence-corrected chi connectivity index (χ1v) is 5.64. The van der Waals surface area contributed by atoms with Crippen LogP contribution in [-0.4, -0.2) is 53.4 Å². The first kappa shape index (κ1) is 11.9. The molecular formula is C11H18N4O2. The number of rotatable bonds is 3.